The predicted octanol–water partition coefficient (Wildman–Crippen LogP) is 3.87. The van der Waals surface area contributed by atoms with E-state index in [1.807, 2.05) is 41.5 Å². The van der Waals surface area contributed by atoms with Crippen LogP contribution in [0.25, 0.3) is 0 Å². The highest BCUT2D eigenvalue weighted by Crippen LogP contribution is 2.13. The summed E-state index contributed by atoms with van der Waals surface area (Å²) in [4.78, 5) is 14.2. The molecule has 0 aliphatic rings. The monoisotopic (exact) mass is 303 g/mol. The first-order chi connectivity index (χ1) is 10.2. The molecule has 0 saturated carbocycles. The van der Waals surface area contributed by atoms with E-state index in [4.69, 9.17) is 4.74 Å². The van der Waals surface area contributed by atoms with E-state index in [9.17, 15) is 4.79 Å². The number of carbonyl (C=O) groups is 1. The maximum atomic E-state index is 12.3. The molecule has 0 aliphatic carbocycles. The first-order valence-corrected chi connectivity index (χ1v) is 8.11. The number of aryl methyl sites for hydroxylation is 1. The van der Waals surface area contributed by atoms with Crippen molar-refractivity contribution in [3.63, 3.8) is 0 Å². The minimum absolute atomic E-state index is 0.0311. The third-order valence-corrected chi connectivity index (χ3v) is 3.92. The van der Waals surface area contributed by atoms with Gasteiger partial charge in [0.25, 0.3) is 5.91 Å². The van der Waals surface area contributed by atoms with Crippen LogP contribution < -0.4 is 4.74 Å². The first kappa shape index (κ1) is 15.6. The lowest BCUT2D eigenvalue weighted by Gasteiger charge is -2.21. The van der Waals surface area contributed by atoms with E-state index in [0.29, 0.717) is 6.54 Å². The van der Waals surface area contributed by atoms with Gasteiger partial charge in [0, 0.05) is 13.1 Å². The molecule has 0 spiro atoms. The second-order valence-electron chi connectivity index (χ2n) is 5.05. The number of rotatable bonds is 7. The molecule has 1 heterocycles. The van der Waals surface area contributed by atoms with Crippen molar-refractivity contribution in [2.45, 2.75) is 26.8 Å². The molecular weight excluding hydrogens is 282 g/mol. The van der Waals surface area contributed by atoms with Gasteiger partial charge in [0.15, 0.2) is 6.61 Å². The summed E-state index contributed by atoms with van der Waals surface area (Å²) in [6, 6.07) is 9.81. The van der Waals surface area contributed by atoms with Crippen molar-refractivity contribution in [2.24, 2.45) is 0 Å². The fourth-order valence-electron chi connectivity index (χ4n) is 2.04. The Morgan fingerprint density at radius 2 is 2.00 bits per heavy atom. The maximum absolute atomic E-state index is 12.3. The second-order valence-corrected chi connectivity index (χ2v) is 5.83. The van der Waals surface area contributed by atoms with Crippen molar-refractivity contribution in [2.75, 3.05) is 13.2 Å². The van der Waals surface area contributed by atoms with Crippen molar-refractivity contribution < 1.29 is 9.53 Å². The van der Waals surface area contributed by atoms with E-state index in [-0.39, 0.29) is 12.5 Å². The predicted molar refractivity (Wildman–Crippen MR) is 86.7 cm³/mol. The summed E-state index contributed by atoms with van der Waals surface area (Å²) in [7, 11) is 0. The molecule has 0 atom stereocenters. The molecule has 0 bridgehead atoms. The van der Waals surface area contributed by atoms with Crippen LogP contribution in [-0.4, -0.2) is 24.0 Å². The van der Waals surface area contributed by atoms with Crippen LogP contribution in [-0.2, 0) is 11.3 Å². The molecule has 0 saturated heterocycles. The fraction of sp³-hybridized carbons (Fsp3) is 0.353. The van der Waals surface area contributed by atoms with Gasteiger partial charge in [0.2, 0.25) is 0 Å². The van der Waals surface area contributed by atoms with Crippen molar-refractivity contribution in [3.05, 3.63) is 52.2 Å². The summed E-state index contributed by atoms with van der Waals surface area (Å²) < 4.78 is 5.58. The number of ether oxygens (including phenoxy) is 1. The molecule has 4 heteroatoms. The van der Waals surface area contributed by atoms with Gasteiger partial charge in [-0.05, 0) is 47.9 Å². The van der Waals surface area contributed by atoms with Crippen molar-refractivity contribution in [1.82, 2.24) is 4.90 Å². The highest BCUT2D eigenvalue weighted by Gasteiger charge is 2.14. The summed E-state index contributed by atoms with van der Waals surface area (Å²) >= 11 is 1.65. The highest BCUT2D eigenvalue weighted by molar-refractivity contribution is 7.07. The third-order valence-electron chi connectivity index (χ3n) is 3.18. The number of amides is 1. The number of thiophene rings is 1. The van der Waals surface area contributed by atoms with Crippen LogP contribution in [0.1, 0.15) is 24.5 Å². The van der Waals surface area contributed by atoms with Gasteiger partial charge in [-0.1, -0.05) is 24.6 Å². The van der Waals surface area contributed by atoms with Gasteiger partial charge >= 0.3 is 0 Å². The van der Waals surface area contributed by atoms with E-state index < -0.39 is 0 Å². The van der Waals surface area contributed by atoms with Crippen molar-refractivity contribution in [3.8, 4) is 5.75 Å². The lowest BCUT2D eigenvalue weighted by molar-refractivity contribution is -0.134. The van der Waals surface area contributed by atoms with Crippen LogP contribution in [0.15, 0.2) is 41.1 Å². The van der Waals surface area contributed by atoms with Crippen LogP contribution in [0.3, 0.4) is 0 Å². The average Bonchev–Trinajstić information content (AvgIpc) is 2.99. The Morgan fingerprint density at radius 3 is 2.62 bits per heavy atom. The van der Waals surface area contributed by atoms with Crippen LogP contribution in [0.5, 0.6) is 5.75 Å². The second kappa shape index (κ2) is 7.84. The lowest BCUT2D eigenvalue weighted by atomic mass is 10.2. The van der Waals surface area contributed by atoms with E-state index in [2.05, 4.69) is 18.4 Å². The zero-order valence-electron chi connectivity index (χ0n) is 12.5. The fourth-order valence-corrected chi connectivity index (χ4v) is 2.70. The Balaban J connectivity index is 1.90. The molecule has 1 amide bonds. The third kappa shape index (κ3) is 4.90. The quantitative estimate of drug-likeness (QED) is 0.777. The topological polar surface area (TPSA) is 29.5 Å². The Kier molecular flexibility index (Phi) is 5.81. The van der Waals surface area contributed by atoms with Crippen LogP contribution in [0, 0.1) is 6.92 Å². The normalized spacial score (nSPS) is 10.4. The minimum atomic E-state index is 0.0311. The Bertz CT molecular complexity index is 549. The molecule has 0 N–H and O–H groups in total. The molecule has 0 fully saturated rings. The highest BCUT2D eigenvalue weighted by atomic mass is 32.1. The number of carbonyl (C=O) groups excluding carboxylic acids is 1. The summed E-state index contributed by atoms with van der Waals surface area (Å²) in [5.74, 6) is 0.768. The summed E-state index contributed by atoms with van der Waals surface area (Å²) in [6.45, 7) is 5.61. The number of nitrogens with zero attached hydrogens (tertiary/aromatic N) is 1. The SMILES string of the molecule is CCCN(Cc1ccsc1)C(=O)COc1ccc(C)cc1. The first-order valence-electron chi connectivity index (χ1n) is 7.17. The average molecular weight is 303 g/mol. The Hall–Kier alpha value is -1.81. The molecule has 112 valence electrons. The molecule has 2 rings (SSSR count). The van der Waals surface area contributed by atoms with E-state index in [0.717, 1.165) is 18.7 Å². The molecule has 1 aromatic carbocycles. The van der Waals surface area contributed by atoms with Gasteiger partial charge in [-0.15, -0.1) is 0 Å². The molecule has 1 aromatic heterocycles. The van der Waals surface area contributed by atoms with Gasteiger partial charge in [-0.25, -0.2) is 0 Å². The van der Waals surface area contributed by atoms with Crippen LogP contribution in [0.4, 0.5) is 0 Å². The molecule has 0 unspecified atom stereocenters. The van der Waals surface area contributed by atoms with Gasteiger partial charge in [0.05, 0.1) is 0 Å². The van der Waals surface area contributed by atoms with E-state index >= 15 is 0 Å². The molecule has 0 radical (unpaired) electrons. The lowest BCUT2D eigenvalue weighted by Crippen LogP contribution is -2.35. The molecule has 0 aliphatic heterocycles. The van der Waals surface area contributed by atoms with Crippen molar-refractivity contribution >= 4 is 17.2 Å². The summed E-state index contributed by atoms with van der Waals surface area (Å²) in [5, 5.41) is 4.11. The molecule has 2 aromatic rings. The smallest absolute Gasteiger partial charge is 0.260 e. The van der Waals surface area contributed by atoms with E-state index in [1.54, 1.807) is 11.3 Å². The van der Waals surface area contributed by atoms with E-state index in [1.165, 1.54) is 11.1 Å². The van der Waals surface area contributed by atoms with Gasteiger partial charge in [-0.2, -0.15) is 11.3 Å². The van der Waals surface area contributed by atoms with Crippen LogP contribution >= 0.6 is 11.3 Å². The van der Waals surface area contributed by atoms with Gasteiger partial charge in [-0.3, -0.25) is 4.79 Å². The minimum Gasteiger partial charge on any atom is -0.484 e. The van der Waals surface area contributed by atoms with Crippen molar-refractivity contribution in [1.29, 1.82) is 0 Å². The zero-order valence-corrected chi connectivity index (χ0v) is 13.4. The van der Waals surface area contributed by atoms with Gasteiger partial charge in [0.1, 0.15) is 5.75 Å². The summed E-state index contributed by atoms with van der Waals surface area (Å²) in [6.07, 6.45) is 0.945. The van der Waals surface area contributed by atoms with Crippen LogP contribution in [0.2, 0.25) is 0 Å². The largest absolute Gasteiger partial charge is 0.484 e. The maximum Gasteiger partial charge on any atom is 0.260 e. The Morgan fingerprint density at radius 1 is 1.24 bits per heavy atom. The standard InChI is InChI=1S/C17H21NO2S/c1-3-9-18(11-15-8-10-21-13-15)17(19)12-20-16-6-4-14(2)5-7-16/h4-8,10,13H,3,9,11-12H2,1-2H3. The number of hydrogen-bond donors (Lipinski definition) is 0. The van der Waals surface area contributed by atoms with Gasteiger partial charge < -0.3 is 9.64 Å². The molecule has 21 heavy (non-hydrogen) atoms. The Labute approximate surface area is 130 Å². The molecular formula is C17H21NO2S. The summed E-state index contributed by atoms with van der Waals surface area (Å²) in [5.41, 5.74) is 2.36. The molecule has 3 nitrogen and oxygen atoms in total. The number of hydrogen-bond acceptors (Lipinski definition) is 3. The number of benzene rings is 1. The zero-order chi connectivity index (χ0) is 15.1.